The molecule has 0 radical (unpaired) electrons. The number of carboxylic acid groups (broad SMARTS) is 1. The Kier molecular flexibility index (Phi) is 7.54. The van der Waals surface area contributed by atoms with Crippen molar-refractivity contribution in [1.82, 2.24) is 5.32 Å². The van der Waals surface area contributed by atoms with Gasteiger partial charge in [-0.1, -0.05) is 13.3 Å². The fourth-order valence-electron chi connectivity index (χ4n) is 1.39. The summed E-state index contributed by atoms with van der Waals surface area (Å²) >= 11 is 0. The van der Waals surface area contributed by atoms with Gasteiger partial charge in [-0.3, -0.25) is 9.59 Å². The summed E-state index contributed by atoms with van der Waals surface area (Å²) in [5, 5.41) is 11.5. The normalized spacial score (nSPS) is 16.0. The average Bonchev–Trinajstić information content (AvgIpc) is 2.27. The lowest BCUT2D eigenvalue weighted by Crippen LogP contribution is -2.39. The van der Waals surface area contributed by atoms with Crippen LogP contribution >= 0.6 is 0 Å². The number of aliphatic carboxylic acids is 1. The molecule has 1 amide bonds. The molecule has 5 nitrogen and oxygen atoms in total. The summed E-state index contributed by atoms with van der Waals surface area (Å²) in [6, 6.07) is 0.0427. The van der Waals surface area contributed by atoms with Crippen molar-refractivity contribution in [2.75, 3.05) is 7.11 Å². The monoisotopic (exact) mass is 245 g/mol. The molecule has 0 aromatic carbocycles. The van der Waals surface area contributed by atoms with Crippen LogP contribution in [0.3, 0.4) is 0 Å². The van der Waals surface area contributed by atoms with Gasteiger partial charge in [-0.2, -0.15) is 0 Å². The van der Waals surface area contributed by atoms with Gasteiger partial charge < -0.3 is 15.2 Å². The van der Waals surface area contributed by atoms with E-state index < -0.39 is 12.1 Å². The topological polar surface area (TPSA) is 75.6 Å². The van der Waals surface area contributed by atoms with Crippen molar-refractivity contribution >= 4 is 11.9 Å². The number of ether oxygens (including phenoxy) is 1. The number of rotatable bonds is 8. The highest BCUT2D eigenvalue weighted by Crippen LogP contribution is 2.09. The van der Waals surface area contributed by atoms with Crippen LogP contribution in [0.4, 0.5) is 0 Å². The standard InChI is InChI=1S/C12H23NO4/c1-8(12(15)16)6-5-7-9(2)13-11(14)10(3)17-4/h8-10H,5-7H2,1-4H3,(H,13,14)(H,15,16). The van der Waals surface area contributed by atoms with Gasteiger partial charge in [-0.05, 0) is 26.7 Å². The number of amides is 1. The SMILES string of the molecule is COC(C)C(=O)NC(C)CCCC(C)C(=O)O. The largest absolute Gasteiger partial charge is 0.481 e. The second kappa shape index (κ2) is 8.06. The minimum absolute atomic E-state index is 0.0427. The minimum atomic E-state index is -0.769. The third kappa shape index (κ3) is 6.94. The summed E-state index contributed by atoms with van der Waals surface area (Å²) < 4.78 is 4.90. The van der Waals surface area contributed by atoms with Gasteiger partial charge in [0.2, 0.25) is 5.91 Å². The van der Waals surface area contributed by atoms with Crippen molar-refractivity contribution in [3.8, 4) is 0 Å². The predicted molar refractivity (Wildman–Crippen MR) is 64.7 cm³/mol. The molecule has 17 heavy (non-hydrogen) atoms. The predicted octanol–water partition coefficient (Wildman–Crippen LogP) is 1.42. The van der Waals surface area contributed by atoms with E-state index in [4.69, 9.17) is 9.84 Å². The minimum Gasteiger partial charge on any atom is -0.481 e. The molecule has 5 heteroatoms. The number of methoxy groups -OCH3 is 1. The molecule has 0 aliphatic heterocycles. The molecule has 0 saturated carbocycles. The first-order valence-electron chi connectivity index (χ1n) is 5.94. The lowest BCUT2D eigenvalue weighted by molar-refractivity contribution is -0.141. The number of hydrogen-bond acceptors (Lipinski definition) is 3. The van der Waals surface area contributed by atoms with Crippen LogP contribution in [0.15, 0.2) is 0 Å². The van der Waals surface area contributed by atoms with E-state index >= 15 is 0 Å². The number of hydrogen-bond donors (Lipinski definition) is 2. The third-order valence-electron chi connectivity index (χ3n) is 2.81. The van der Waals surface area contributed by atoms with Crippen LogP contribution in [0.1, 0.15) is 40.0 Å². The zero-order valence-electron chi connectivity index (χ0n) is 11.0. The van der Waals surface area contributed by atoms with Crippen molar-refractivity contribution in [2.24, 2.45) is 5.92 Å². The lowest BCUT2D eigenvalue weighted by Gasteiger charge is -2.17. The molecule has 0 rings (SSSR count). The van der Waals surface area contributed by atoms with E-state index in [2.05, 4.69) is 5.32 Å². The van der Waals surface area contributed by atoms with Crippen molar-refractivity contribution in [1.29, 1.82) is 0 Å². The van der Waals surface area contributed by atoms with Gasteiger partial charge in [-0.15, -0.1) is 0 Å². The Bertz CT molecular complexity index is 255. The summed E-state index contributed by atoms with van der Waals surface area (Å²) in [6.07, 6.45) is 1.75. The summed E-state index contributed by atoms with van der Waals surface area (Å²) in [5.74, 6) is -1.23. The Balaban J connectivity index is 3.76. The quantitative estimate of drug-likeness (QED) is 0.678. The number of carbonyl (C=O) groups excluding carboxylic acids is 1. The summed E-state index contributed by atoms with van der Waals surface area (Å²) in [6.45, 7) is 5.29. The number of carbonyl (C=O) groups is 2. The highest BCUT2D eigenvalue weighted by Gasteiger charge is 2.15. The zero-order valence-corrected chi connectivity index (χ0v) is 11.0. The molecule has 100 valence electrons. The van der Waals surface area contributed by atoms with E-state index in [0.717, 1.165) is 12.8 Å². The molecule has 0 spiro atoms. The molecule has 0 aliphatic carbocycles. The zero-order chi connectivity index (χ0) is 13.4. The number of nitrogens with one attached hydrogen (secondary N) is 1. The van der Waals surface area contributed by atoms with Gasteiger partial charge in [0.1, 0.15) is 6.10 Å². The van der Waals surface area contributed by atoms with E-state index in [1.54, 1.807) is 13.8 Å². The maximum atomic E-state index is 11.5. The maximum Gasteiger partial charge on any atom is 0.306 e. The molecule has 3 atom stereocenters. The molecular formula is C12H23NO4. The van der Waals surface area contributed by atoms with Gasteiger partial charge in [-0.25, -0.2) is 0 Å². The van der Waals surface area contributed by atoms with Crippen molar-refractivity contribution in [2.45, 2.75) is 52.2 Å². The smallest absolute Gasteiger partial charge is 0.306 e. The van der Waals surface area contributed by atoms with Crippen LogP contribution in [0, 0.1) is 5.92 Å². The highest BCUT2D eigenvalue weighted by atomic mass is 16.5. The Labute approximate surface area is 103 Å². The molecule has 0 aromatic rings. The second-order valence-electron chi connectivity index (χ2n) is 4.46. The van der Waals surface area contributed by atoms with Crippen molar-refractivity contribution in [3.05, 3.63) is 0 Å². The van der Waals surface area contributed by atoms with Crippen molar-refractivity contribution in [3.63, 3.8) is 0 Å². The second-order valence-corrected chi connectivity index (χ2v) is 4.46. The first-order valence-corrected chi connectivity index (χ1v) is 5.94. The molecular weight excluding hydrogens is 222 g/mol. The highest BCUT2D eigenvalue weighted by molar-refractivity contribution is 5.80. The van der Waals surface area contributed by atoms with Crippen molar-refractivity contribution < 1.29 is 19.4 Å². The van der Waals surface area contributed by atoms with E-state index in [9.17, 15) is 9.59 Å². The molecule has 0 fully saturated rings. The Morgan fingerprint density at radius 1 is 1.24 bits per heavy atom. The lowest BCUT2D eigenvalue weighted by atomic mass is 10.0. The fourth-order valence-corrected chi connectivity index (χ4v) is 1.39. The molecule has 3 unspecified atom stereocenters. The van der Waals surface area contributed by atoms with Gasteiger partial charge >= 0.3 is 5.97 Å². The van der Waals surface area contributed by atoms with E-state index in [-0.39, 0.29) is 17.9 Å². The van der Waals surface area contributed by atoms with Gasteiger partial charge in [0, 0.05) is 13.2 Å². The van der Waals surface area contributed by atoms with E-state index in [0.29, 0.717) is 6.42 Å². The van der Waals surface area contributed by atoms with Gasteiger partial charge in [0.05, 0.1) is 5.92 Å². The summed E-state index contributed by atoms with van der Waals surface area (Å²) in [5.41, 5.74) is 0. The summed E-state index contributed by atoms with van der Waals surface area (Å²) in [4.78, 5) is 22.1. The van der Waals surface area contributed by atoms with Crippen LogP contribution in [-0.2, 0) is 14.3 Å². The maximum absolute atomic E-state index is 11.5. The first kappa shape index (κ1) is 15.9. The molecule has 0 aliphatic rings. The average molecular weight is 245 g/mol. The van der Waals surface area contributed by atoms with Crippen LogP contribution in [0.25, 0.3) is 0 Å². The van der Waals surface area contributed by atoms with Crippen LogP contribution in [0.5, 0.6) is 0 Å². The first-order chi connectivity index (χ1) is 7.88. The Morgan fingerprint density at radius 3 is 2.29 bits per heavy atom. The molecule has 2 N–H and O–H groups in total. The van der Waals surface area contributed by atoms with E-state index in [1.165, 1.54) is 7.11 Å². The number of carboxylic acids is 1. The third-order valence-corrected chi connectivity index (χ3v) is 2.81. The molecule has 0 aromatic heterocycles. The molecule has 0 heterocycles. The fraction of sp³-hybridized carbons (Fsp3) is 0.833. The van der Waals surface area contributed by atoms with Crippen LogP contribution < -0.4 is 5.32 Å². The Hall–Kier alpha value is -1.10. The Morgan fingerprint density at radius 2 is 1.82 bits per heavy atom. The van der Waals surface area contributed by atoms with Crippen LogP contribution in [0.2, 0.25) is 0 Å². The molecule has 0 saturated heterocycles. The van der Waals surface area contributed by atoms with Crippen LogP contribution in [-0.4, -0.2) is 36.2 Å². The van der Waals surface area contributed by atoms with Gasteiger partial charge in [0.25, 0.3) is 0 Å². The molecule has 0 bridgehead atoms. The van der Waals surface area contributed by atoms with Gasteiger partial charge in [0.15, 0.2) is 0 Å². The summed E-state index contributed by atoms with van der Waals surface area (Å²) in [7, 11) is 1.49. The van der Waals surface area contributed by atoms with E-state index in [1.807, 2.05) is 6.92 Å².